The maximum absolute atomic E-state index is 11.9. The van der Waals surface area contributed by atoms with Gasteiger partial charge in [0.05, 0.1) is 5.60 Å². The van der Waals surface area contributed by atoms with E-state index >= 15 is 0 Å². The fourth-order valence-corrected chi connectivity index (χ4v) is 2.02. The highest BCUT2D eigenvalue weighted by molar-refractivity contribution is 9.09. The van der Waals surface area contributed by atoms with Crippen LogP contribution in [0.1, 0.15) is 12.8 Å². The number of ether oxygens (including phenoxy) is 2. The van der Waals surface area contributed by atoms with Crippen LogP contribution in [0.2, 0.25) is 0 Å². The minimum Gasteiger partial charge on any atom is -0.381 e. The smallest absolute Gasteiger partial charge is 0.261 e. The van der Waals surface area contributed by atoms with Crippen LogP contribution in [0.3, 0.4) is 0 Å². The molecule has 1 saturated heterocycles. The zero-order valence-electron chi connectivity index (χ0n) is 7.27. The lowest BCUT2D eigenvalue weighted by molar-refractivity contribution is -0.121. The number of alkyl halides is 3. The van der Waals surface area contributed by atoms with Gasteiger partial charge >= 0.3 is 0 Å². The quantitative estimate of drug-likeness (QED) is 0.720. The van der Waals surface area contributed by atoms with Crippen molar-refractivity contribution in [2.75, 3.05) is 25.2 Å². The lowest BCUT2D eigenvalue weighted by atomic mass is 9.97. The van der Waals surface area contributed by atoms with E-state index in [9.17, 15) is 8.78 Å². The topological polar surface area (TPSA) is 18.5 Å². The zero-order valence-corrected chi connectivity index (χ0v) is 8.86. The molecule has 0 N–H and O–H groups in total. The van der Waals surface area contributed by atoms with Gasteiger partial charge in [0.1, 0.15) is 6.61 Å². The van der Waals surface area contributed by atoms with Crippen LogP contribution in [0.4, 0.5) is 8.78 Å². The van der Waals surface area contributed by atoms with E-state index in [1.807, 2.05) is 0 Å². The summed E-state index contributed by atoms with van der Waals surface area (Å²) >= 11 is 3.29. The Morgan fingerprint density at radius 3 is 2.46 bits per heavy atom. The van der Waals surface area contributed by atoms with Crippen molar-refractivity contribution in [3.8, 4) is 0 Å². The minimum atomic E-state index is -2.39. The molecule has 0 unspecified atom stereocenters. The van der Waals surface area contributed by atoms with E-state index in [2.05, 4.69) is 15.9 Å². The van der Waals surface area contributed by atoms with Gasteiger partial charge in [0.25, 0.3) is 6.43 Å². The van der Waals surface area contributed by atoms with Crippen LogP contribution in [-0.2, 0) is 9.47 Å². The predicted octanol–water partition coefficient (Wildman–Crippen LogP) is 2.21. The minimum absolute atomic E-state index is 0.436. The third-order valence-electron chi connectivity index (χ3n) is 2.16. The third-order valence-corrected chi connectivity index (χ3v) is 3.18. The van der Waals surface area contributed by atoms with Crippen LogP contribution in [0.5, 0.6) is 0 Å². The normalized spacial score (nSPS) is 22.2. The average Bonchev–Trinajstić information content (AvgIpc) is 2.16. The van der Waals surface area contributed by atoms with E-state index in [0.29, 0.717) is 31.4 Å². The first-order valence-electron chi connectivity index (χ1n) is 4.24. The van der Waals surface area contributed by atoms with Crippen molar-refractivity contribution in [2.24, 2.45) is 0 Å². The molecule has 1 aliphatic rings. The first-order chi connectivity index (χ1) is 6.18. The Labute approximate surface area is 84.7 Å². The first kappa shape index (κ1) is 11.3. The molecule has 0 saturated carbocycles. The second-order valence-electron chi connectivity index (χ2n) is 3.13. The van der Waals surface area contributed by atoms with Crippen molar-refractivity contribution in [3.05, 3.63) is 0 Å². The second kappa shape index (κ2) is 5.22. The molecular formula is C8H13BrF2O2. The number of hydrogen-bond acceptors (Lipinski definition) is 2. The Kier molecular flexibility index (Phi) is 4.55. The molecule has 0 aromatic rings. The molecule has 0 aromatic heterocycles. The summed E-state index contributed by atoms with van der Waals surface area (Å²) in [6.45, 7) is 0.704. The van der Waals surface area contributed by atoms with Gasteiger partial charge in [0.2, 0.25) is 0 Å². The van der Waals surface area contributed by atoms with E-state index < -0.39 is 18.6 Å². The van der Waals surface area contributed by atoms with Crippen LogP contribution in [0.15, 0.2) is 0 Å². The van der Waals surface area contributed by atoms with Crippen LogP contribution >= 0.6 is 15.9 Å². The van der Waals surface area contributed by atoms with Crippen molar-refractivity contribution in [1.82, 2.24) is 0 Å². The lowest BCUT2D eigenvalue weighted by Crippen LogP contribution is -2.41. The summed E-state index contributed by atoms with van der Waals surface area (Å²) in [4.78, 5) is 0. The molecule has 0 amide bonds. The molecule has 0 aromatic carbocycles. The SMILES string of the molecule is FC(F)COC1(CBr)CCOCC1. The summed E-state index contributed by atoms with van der Waals surface area (Å²) in [6, 6.07) is 0. The van der Waals surface area contributed by atoms with Crippen molar-refractivity contribution < 1.29 is 18.3 Å². The molecule has 0 radical (unpaired) electrons. The summed E-state index contributed by atoms with van der Waals surface area (Å²) in [7, 11) is 0. The maximum atomic E-state index is 11.9. The summed E-state index contributed by atoms with van der Waals surface area (Å²) in [5, 5.41) is 0.593. The highest BCUT2D eigenvalue weighted by atomic mass is 79.9. The standard InChI is InChI=1S/C8H13BrF2O2/c9-6-8(13-5-7(10)11)1-3-12-4-2-8/h7H,1-6H2. The summed E-state index contributed by atoms with van der Waals surface area (Å²) in [5.41, 5.74) is -0.436. The molecule has 13 heavy (non-hydrogen) atoms. The number of hydrogen-bond donors (Lipinski definition) is 0. The average molecular weight is 259 g/mol. The third kappa shape index (κ3) is 3.48. The summed E-state index contributed by atoms with van der Waals surface area (Å²) in [6.07, 6.45) is -1.02. The predicted molar refractivity (Wildman–Crippen MR) is 48.5 cm³/mol. The van der Waals surface area contributed by atoms with E-state index in [4.69, 9.17) is 9.47 Å². The molecule has 0 aliphatic carbocycles. The molecule has 0 atom stereocenters. The van der Waals surface area contributed by atoms with Gasteiger partial charge in [-0.15, -0.1) is 0 Å². The van der Waals surface area contributed by atoms with Crippen molar-refractivity contribution in [1.29, 1.82) is 0 Å². The van der Waals surface area contributed by atoms with Gasteiger partial charge in [-0.3, -0.25) is 0 Å². The second-order valence-corrected chi connectivity index (χ2v) is 3.69. The van der Waals surface area contributed by atoms with Gasteiger partial charge in [-0.25, -0.2) is 8.78 Å². The molecule has 1 fully saturated rings. The van der Waals surface area contributed by atoms with Crippen molar-refractivity contribution in [3.63, 3.8) is 0 Å². The Bertz CT molecular complexity index is 149. The summed E-state index contributed by atoms with van der Waals surface area (Å²) in [5.74, 6) is 0. The van der Waals surface area contributed by atoms with Crippen LogP contribution in [0, 0.1) is 0 Å². The van der Waals surface area contributed by atoms with Gasteiger partial charge in [-0.05, 0) is 0 Å². The fraction of sp³-hybridized carbons (Fsp3) is 1.00. The fourth-order valence-electron chi connectivity index (χ4n) is 1.30. The Balaban J connectivity index is 2.38. The highest BCUT2D eigenvalue weighted by Gasteiger charge is 2.33. The molecule has 78 valence electrons. The van der Waals surface area contributed by atoms with E-state index in [-0.39, 0.29) is 0 Å². The van der Waals surface area contributed by atoms with Gasteiger partial charge < -0.3 is 9.47 Å². The van der Waals surface area contributed by atoms with Crippen molar-refractivity contribution >= 4 is 15.9 Å². The molecule has 1 heterocycles. The van der Waals surface area contributed by atoms with Crippen LogP contribution in [0.25, 0.3) is 0 Å². The Hall–Kier alpha value is 0.260. The maximum Gasteiger partial charge on any atom is 0.261 e. The molecule has 0 spiro atoms. The molecule has 1 aliphatic heterocycles. The molecule has 5 heteroatoms. The monoisotopic (exact) mass is 258 g/mol. The van der Waals surface area contributed by atoms with E-state index in [1.54, 1.807) is 0 Å². The Morgan fingerprint density at radius 2 is 2.00 bits per heavy atom. The lowest BCUT2D eigenvalue weighted by Gasteiger charge is -2.35. The van der Waals surface area contributed by atoms with Crippen molar-refractivity contribution in [2.45, 2.75) is 24.9 Å². The van der Waals surface area contributed by atoms with Gasteiger partial charge in [0.15, 0.2) is 0 Å². The molecular weight excluding hydrogens is 246 g/mol. The molecule has 1 rings (SSSR count). The number of rotatable bonds is 4. The summed E-state index contributed by atoms with van der Waals surface area (Å²) < 4.78 is 34.2. The first-order valence-corrected chi connectivity index (χ1v) is 5.36. The zero-order chi connectivity index (χ0) is 9.73. The van der Waals surface area contributed by atoms with Gasteiger partial charge in [-0.2, -0.15) is 0 Å². The Morgan fingerprint density at radius 1 is 1.38 bits per heavy atom. The van der Waals surface area contributed by atoms with Gasteiger partial charge in [0, 0.05) is 31.4 Å². The van der Waals surface area contributed by atoms with E-state index in [1.165, 1.54) is 0 Å². The number of halogens is 3. The van der Waals surface area contributed by atoms with Crippen LogP contribution in [-0.4, -0.2) is 37.2 Å². The molecule has 2 nitrogen and oxygen atoms in total. The van der Waals surface area contributed by atoms with E-state index in [0.717, 1.165) is 0 Å². The highest BCUT2D eigenvalue weighted by Crippen LogP contribution is 2.27. The largest absolute Gasteiger partial charge is 0.381 e. The van der Waals surface area contributed by atoms with Gasteiger partial charge in [-0.1, -0.05) is 15.9 Å². The van der Waals surface area contributed by atoms with Crippen LogP contribution < -0.4 is 0 Å². The molecule has 0 bridgehead atoms.